The molecule has 0 saturated heterocycles. The van der Waals surface area contributed by atoms with Gasteiger partial charge in [-0.05, 0) is 35.4 Å². The molecule has 4 rings (SSSR count). The standard InChI is InChI=1S/C23H16N2O2/c26-20(13-12-16-7-6-14-24-15-16)22-21(17-8-2-1-3-9-17)18-10-4-5-11-19(18)25-23(22)27/h1-15H,(H,25,27)/b13-12+. The van der Waals surface area contributed by atoms with E-state index in [-0.39, 0.29) is 11.3 Å². The first-order chi connectivity index (χ1) is 13.2. The van der Waals surface area contributed by atoms with E-state index >= 15 is 0 Å². The summed E-state index contributed by atoms with van der Waals surface area (Å²) in [6, 6.07) is 20.6. The van der Waals surface area contributed by atoms with Gasteiger partial charge in [-0.3, -0.25) is 14.6 Å². The summed E-state index contributed by atoms with van der Waals surface area (Å²) in [7, 11) is 0. The maximum atomic E-state index is 12.9. The van der Waals surface area contributed by atoms with E-state index in [1.807, 2.05) is 60.7 Å². The number of nitrogens with zero attached hydrogens (tertiary/aromatic N) is 1. The van der Waals surface area contributed by atoms with Gasteiger partial charge in [0.2, 0.25) is 0 Å². The fraction of sp³-hybridized carbons (Fsp3) is 0. The molecule has 0 unspecified atom stereocenters. The number of nitrogens with one attached hydrogen (secondary N) is 1. The molecule has 0 fully saturated rings. The maximum Gasteiger partial charge on any atom is 0.260 e. The van der Waals surface area contributed by atoms with Gasteiger partial charge in [-0.25, -0.2) is 0 Å². The zero-order valence-electron chi connectivity index (χ0n) is 14.4. The van der Waals surface area contributed by atoms with Gasteiger partial charge in [0, 0.05) is 28.9 Å². The lowest BCUT2D eigenvalue weighted by Crippen LogP contribution is -2.18. The van der Waals surface area contributed by atoms with Crippen molar-refractivity contribution < 1.29 is 4.79 Å². The van der Waals surface area contributed by atoms with Crippen LogP contribution in [0.5, 0.6) is 0 Å². The highest BCUT2D eigenvalue weighted by atomic mass is 16.1. The molecule has 0 amide bonds. The molecule has 0 aliphatic heterocycles. The van der Waals surface area contributed by atoms with Crippen LogP contribution < -0.4 is 5.56 Å². The lowest BCUT2D eigenvalue weighted by atomic mass is 9.94. The van der Waals surface area contributed by atoms with E-state index in [1.165, 1.54) is 6.08 Å². The number of pyridine rings is 2. The van der Waals surface area contributed by atoms with E-state index in [4.69, 9.17) is 0 Å². The summed E-state index contributed by atoms with van der Waals surface area (Å²) in [5.74, 6) is -0.343. The van der Waals surface area contributed by atoms with E-state index in [2.05, 4.69) is 9.97 Å². The number of ketones is 1. The first kappa shape index (κ1) is 16.7. The fourth-order valence-electron chi connectivity index (χ4n) is 3.11. The van der Waals surface area contributed by atoms with Crippen LogP contribution in [-0.2, 0) is 0 Å². The van der Waals surface area contributed by atoms with Crippen LogP contribution in [0.3, 0.4) is 0 Å². The second kappa shape index (κ2) is 7.22. The quantitative estimate of drug-likeness (QED) is 0.435. The molecule has 27 heavy (non-hydrogen) atoms. The summed E-state index contributed by atoms with van der Waals surface area (Å²) in [5.41, 5.74) is 2.72. The molecule has 2 aromatic carbocycles. The Balaban J connectivity index is 1.92. The Morgan fingerprint density at radius 1 is 0.926 bits per heavy atom. The number of benzene rings is 2. The molecule has 0 radical (unpaired) electrons. The topological polar surface area (TPSA) is 62.8 Å². The van der Waals surface area contributed by atoms with Crippen molar-refractivity contribution in [2.75, 3.05) is 0 Å². The highest BCUT2D eigenvalue weighted by molar-refractivity contribution is 6.15. The van der Waals surface area contributed by atoms with Crippen LogP contribution in [0.1, 0.15) is 15.9 Å². The Kier molecular flexibility index (Phi) is 4.45. The van der Waals surface area contributed by atoms with E-state index in [0.29, 0.717) is 11.1 Å². The Morgan fingerprint density at radius 2 is 1.70 bits per heavy atom. The summed E-state index contributed by atoms with van der Waals surface area (Å²) in [4.78, 5) is 32.6. The van der Waals surface area contributed by atoms with Crippen LogP contribution in [0, 0.1) is 0 Å². The maximum absolute atomic E-state index is 12.9. The minimum Gasteiger partial charge on any atom is -0.321 e. The number of para-hydroxylation sites is 1. The number of allylic oxidation sites excluding steroid dienone is 1. The first-order valence-corrected chi connectivity index (χ1v) is 8.57. The molecule has 0 spiro atoms. The van der Waals surface area contributed by atoms with Crippen molar-refractivity contribution in [3.63, 3.8) is 0 Å². The molecule has 0 bridgehead atoms. The third kappa shape index (κ3) is 3.33. The minimum atomic E-state index is -0.395. The summed E-state index contributed by atoms with van der Waals surface area (Å²) in [5, 5.41) is 0.835. The van der Waals surface area contributed by atoms with Gasteiger partial charge in [0.25, 0.3) is 5.56 Å². The number of rotatable bonds is 4. The predicted molar refractivity (Wildman–Crippen MR) is 108 cm³/mol. The summed E-state index contributed by atoms with van der Waals surface area (Å²) >= 11 is 0. The second-order valence-corrected chi connectivity index (χ2v) is 6.10. The van der Waals surface area contributed by atoms with Crippen molar-refractivity contribution in [2.24, 2.45) is 0 Å². The summed E-state index contributed by atoms with van der Waals surface area (Å²) in [6.45, 7) is 0. The number of hydrogen-bond acceptors (Lipinski definition) is 3. The largest absolute Gasteiger partial charge is 0.321 e. The average Bonchev–Trinajstić information content (AvgIpc) is 2.72. The number of hydrogen-bond donors (Lipinski definition) is 1. The SMILES string of the molecule is O=C(/C=C/c1cccnc1)c1c(-c2ccccc2)c2ccccc2[nH]c1=O. The third-order valence-electron chi connectivity index (χ3n) is 4.34. The number of fused-ring (bicyclic) bond motifs is 1. The Morgan fingerprint density at radius 3 is 2.48 bits per heavy atom. The second-order valence-electron chi connectivity index (χ2n) is 6.10. The lowest BCUT2D eigenvalue weighted by Gasteiger charge is -2.11. The van der Waals surface area contributed by atoms with Crippen LogP contribution in [-0.4, -0.2) is 15.8 Å². The van der Waals surface area contributed by atoms with Crippen LogP contribution in [0.4, 0.5) is 0 Å². The molecule has 0 aliphatic carbocycles. The molecule has 4 aromatic rings. The van der Waals surface area contributed by atoms with Gasteiger partial charge in [-0.2, -0.15) is 0 Å². The molecule has 0 atom stereocenters. The minimum absolute atomic E-state index is 0.139. The van der Waals surface area contributed by atoms with E-state index in [0.717, 1.165) is 16.5 Å². The van der Waals surface area contributed by atoms with Crippen LogP contribution in [0.2, 0.25) is 0 Å². The van der Waals surface area contributed by atoms with Crippen molar-refractivity contribution in [3.05, 3.63) is 107 Å². The van der Waals surface area contributed by atoms with Crippen molar-refractivity contribution in [2.45, 2.75) is 0 Å². The highest BCUT2D eigenvalue weighted by Crippen LogP contribution is 2.29. The van der Waals surface area contributed by atoms with Crippen molar-refractivity contribution in [1.29, 1.82) is 0 Å². The molecule has 4 heteroatoms. The fourth-order valence-corrected chi connectivity index (χ4v) is 3.11. The van der Waals surface area contributed by atoms with E-state index < -0.39 is 5.56 Å². The van der Waals surface area contributed by atoms with Gasteiger partial charge in [-0.15, -0.1) is 0 Å². The Bertz CT molecular complexity index is 1190. The zero-order valence-corrected chi connectivity index (χ0v) is 14.4. The van der Waals surface area contributed by atoms with E-state index in [9.17, 15) is 9.59 Å². The molecule has 130 valence electrons. The van der Waals surface area contributed by atoms with Gasteiger partial charge in [0.1, 0.15) is 0 Å². The molecular formula is C23H16N2O2. The summed E-state index contributed by atoms with van der Waals surface area (Å²) in [6.07, 6.45) is 6.41. The number of aromatic nitrogens is 2. The summed E-state index contributed by atoms with van der Waals surface area (Å²) < 4.78 is 0. The van der Waals surface area contributed by atoms with Gasteiger partial charge < -0.3 is 4.98 Å². The normalized spacial score (nSPS) is 11.1. The molecule has 0 aliphatic rings. The highest BCUT2D eigenvalue weighted by Gasteiger charge is 2.18. The molecule has 2 aromatic heterocycles. The lowest BCUT2D eigenvalue weighted by molar-refractivity contribution is 0.104. The molecule has 0 saturated carbocycles. The van der Waals surface area contributed by atoms with E-state index in [1.54, 1.807) is 24.5 Å². The molecular weight excluding hydrogens is 336 g/mol. The zero-order chi connectivity index (χ0) is 18.6. The van der Waals surface area contributed by atoms with Gasteiger partial charge in [0.15, 0.2) is 5.78 Å². The number of carbonyl (C=O) groups is 1. The van der Waals surface area contributed by atoms with Crippen molar-refractivity contribution >= 4 is 22.8 Å². The monoisotopic (exact) mass is 352 g/mol. The first-order valence-electron chi connectivity index (χ1n) is 8.57. The molecule has 4 nitrogen and oxygen atoms in total. The predicted octanol–water partition coefficient (Wildman–Crippen LogP) is 4.49. The Hall–Kier alpha value is -3.79. The van der Waals surface area contributed by atoms with Crippen LogP contribution in [0.25, 0.3) is 28.1 Å². The number of H-pyrrole nitrogens is 1. The average molecular weight is 352 g/mol. The van der Waals surface area contributed by atoms with Crippen LogP contribution >= 0.6 is 0 Å². The van der Waals surface area contributed by atoms with Crippen molar-refractivity contribution in [3.8, 4) is 11.1 Å². The third-order valence-corrected chi connectivity index (χ3v) is 4.34. The number of aromatic amines is 1. The van der Waals surface area contributed by atoms with Gasteiger partial charge in [-0.1, -0.05) is 54.6 Å². The Labute approximate surface area is 155 Å². The number of carbonyl (C=O) groups excluding carboxylic acids is 1. The van der Waals surface area contributed by atoms with Gasteiger partial charge >= 0.3 is 0 Å². The molecule has 2 heterocycles. The smallest absolute Gasteiger partial charge is 0.260 e. The van der Waals surface area contributed by atoms with Crippen molar-refractivity contribution in [1.82, 2.24) is 9.97 Å². The van der Waals surface area contributed by atoms with Gasteiger partial charge in [0.05, 0.1) is 5.56 Å². The molecule has 1 N–H and O–H groups in total. The van der Waals surface area contributed by atoms with Crippen LogP contribution in [0.15, 0.2) is 90.0 Å².